The van der Waals surface area contributed by atoms with E-state index in [2.05, 4.69) is 23.9 Å². The Balaban J connectivity index is 2.01. The lowest BCUT2D eigenvalue weighted by atomic mass is 10.0. The van der Waals surface area contributed by atoms with E-state index in [9.17, 15) is 5.11 Å². The summed E-state index contributed by atoms with van der Waals surface area (Å²) in [7, 11) is 0. The van der Waals surface area contributed by atoms with Crippen molar-refractivity contribution in [1.82, 2.24) is 14.8 Å². The molecule has 4 nitrogen and oxygen atoms in total. The highest BCUT2D eigenvalue weighted by molar-refractivity contribution is 4.91. The molecule has 2 rings (SSSR count). The molecule has 1 aliphatic rings. The minimum Gasteiger partial charge on any atom is -0.393 e. The topological polar surface area (TPSA) is 50.9 Å². The molecule has 0 radical (unpaired) electrons. The van der Waals surface area contributed by atoms with Crippen LogP contribution < -0.4 is 0 Å². The van der Waals surface area contributed by atoms with Crippen LogP contribution in [-0.2, 0) is 6.42 Å². The van der Waals surface area contributed by atoms with Crippen molar-refractivity contribution >= 4 is 0 Å². The van der Waals surface area contributed by atoms with Crippen LogP contribution in [0, 0.1) is 5.92 Å². The van der Waals surface area contributed by atoms with Gasteiger partial charge in [0.2, 0.25) is 0 Å². The molecule has 0 bridgehead atoms. The highest BCUT2D eigenvalue weighted by atomic mass is 16.3. The second kappa shape index (κ2) is 4.31. The molecule has 1 saturated carbocycles. The fourth-order valence-corrected chi connectivity index (χ4v) is 2.34. The van der Waals surface area contributed by atoms with Crippen LogP contribution in [0.3, 0.4) is 0 Å². The standard InChI is InChI=1S/C11H19N3O/c1-8(2)14-11(12-7-13-14)6-9-3-4-10(15)5-9/h7-10,15H,3-6H2,1-2H3. The van der Waals surface area contributed by atoms with Gasteiger partial charge in [-0.05, 0) is 39.0 Å². The van der Waals surface area contributed by atoms with E-state index in [0.29, 0.717) is 12.0 Å². The smallest absolute Gasteiger partial charge is 0.138 e. The van der Waals surface area contributed by atoms with Gasteiger partial charge in [-0.1, -0.05) is 0 Å². The molecule has 0 spiro atoms. The number of hydrogen-bond donors (Lipinski definition) is 1. The number of aromatic nitrogens is 3. The fraction of sp³-hybridized carbons (Fsp3) is 0.818. The molecule has 1 aromatic rings. The van der Waals surface area contributed by atoms with Crippen molar-refractivity contribution in [1.29, 1.82) is 0 Å². The number of rotatable bonds is 3. The van der Waals surface area contributed by atoms with Crippen LogP contribution >= 0.6 is 0 Å². The largest absolute Gasteiger partial charge is 0.393 e. The summed E-state index contributed by atoms with van der Waals surface area (Å²) in [6.07, 6.45) is 5.47. The molecule has 1 aliphatic carbocycles. The Morgan fingerprint density at radius 1 is 1.53 bits per heavy atom. The monoisotopic (exact) mass is 209 g/mol. The van der Waals surface area contributed by atoms with E-state index in [1.54, 1.807) is 6.33 Å². The molecule has 0 amide bonds. The van der Waals surface area contributed by atoms with Crippen LogP contribution in [0.5, 0.6) is 0 Å². The molecular formula is C11H19N3O. The zero-order valence-corrected chi connectivity index (χ0v) is 9.43. The highest BCUT2D eigenvalue weighted by Crippen LogP contribution is 2.28. The Morgan fingerprint density at radius 3 is 2.93 bits per heavy atom. The lowest BCUT2D eigenvalue weighted by Crippen LogP contribution is -2.12. The molecule has 1 N–H and O–H groups in total. The minimum atomic E-state index is -0.0922. The van der Waals surface area contributed by atoms with Crippen molar-refractivity contribution in [2.45, 2.75) is 51.7 Å². The van der Waals surface area contributed by atoms with Crippen molar-refractivity contribution < 1.29 is 5.11 Å². The fourth-order valence-electron chi connectivity index (χ4n) is 2.34. The second-order valence-corrected chi connectivity index (χ2v) is 4.75. The summed E-state index contributed by atoms with van der Waals surface area (Å²) in [6.45, 7) is 4.23. The van der Waals surface area contributed by atoms with Gasteiger partial charge in [0.15, 0.2) is 0 Å². The SMILES string of the molecule is CC(C)n1ncnc1CC1CCC(O)C1. The van der Waals surface area contributed by atoms with Gasteiger partial charge in [-0.3, -0.25) is 0 Å². The summed E-state index contributed by atoms with van der Waals surface area (Å²) in [5.41, 5.74) is 0. The summed E-state index contributed by atoms with van der Waals surface area (Å²) < 4.78 is 1.98. The molecule has 0 saturated heterocycles. The Labute approximate surface area is 90.3 Å². The van der Waals surface area contributed by atoms with Crippen molar-refractivity contribution in [3.63, 3.8) is 0 Å². The highest BCUT2D eigenvalue weighted by Gasteiger charge is 2.24. The van der Waals surface area contributed by atoms with Gasteiger partial charge in [0.25, 0.3) is 0 Å². The Morgan fingerprint density at radius 2 is 2.33 bits per heavy atom. The first-order valence-electron chi connectivity index (χ1n) is 5.73. The van der Waals surface area contributed by atoms with Gasteiger partial charge < -0.3 is 5.11 Å². The maximum atomic E-state index is 9.46. The zero-order chi connectivity index (χ0) is 10.8. The van der Waals surface area contributed by atoms with Crippen LogP contribution in [0.1, 0.15) is 45.0 Å². The normalized spacial score (nSPS) is 26.4. The Bertz CT molecular complexity index is 321. The molecule has 84 valence electrons. The molecule has 1 fully saturated rings. The van der Waals surface area contributed by atoms with E-state index < -0.39 is 0 Å². The molecule has 1 aromatic heterocycles. The molecule has 15 heavy (non-hydrogen) atoms. The number of hydrogen-bond acceptors (Lipinski definition) is 3. The Kier molecular flexibility index (Phi) is 3.05. The van der Waals surface area contributed by atoms with Crippen molar-refractivity contribution in [2.24, 2.45) is 5.92 Å². The quantitative estimate of drug-likeness (QED) is 0.822. The minimum absolute atomic E-state index is 0.0922. The maximum absolute atomic E-state index is 9.46. The molecule has 4 heteroatoms. The number of nitrogens with zero attached hydrogens (tertiary/aromatic N) is 3. The number of aliphatic hydroxyl groups excluding tert-OH is 1. The lowest BCUT2D eigenvalue weighted by molar-refractivity contribution is 0.177. The van der Waals surface area contributed by atoms with Crippen LogP contribution in [0.2, 0.25) is 0 Å². The average molecular weight is 209 g/mol. The van der Waals surface area contributed by atoms with E-state index in [-0.39, 0.29) is 6.10 Å². The summed E-state index contributed by atoms with van der Waals surface area (Å²) in [5, 5.41) is 13.7. The van der Waals surface area contributed by atoms with E-state index in [1.807, 2.05) is 4.68 Å². The third-order valence-corrected chi connectivity index (χ3v) is 3.12. The van der Waals surface area contributed by atoms with E-state index >= 15 is 0 Å². The Hall–Kier alpha value is -0.900. The third kappa shape index (κ3) is 2.37. The molecule has 2 unspecified atom stereocenters. The zero-order valence-electron chi connectivity index (χ0n) is 9.43. The molecule has 1 heterocycles. The van der Waals surface area contributed by atoms with Gasteiger partial charge in [-0.2, -0.15) is 5.10 Å². The van der Waals surface area contributed by atoms with Gasteiger partial charge in [0.1, 0.15) is 12.2 Å². The van der Waals surface area contributed by atoms with E-state index in [0.717, 1.165) is 31.5 Å². The predicted molar refractivity (Wildman–Crippen MR) is 57.5 cm³/mol. The molecule has 0 aromatic carbocycles. The maximum Gasteiger partial charge on any atom is 0.138 e. The lowest BCUT2D eigenvalue weighted by Gasteiger charge is -2.12. The first kappa shape index (κ1) is 10.6. The van der Waals surface area contributed by atoms with Gasteiger partial charge in [-0.25, -0.2) is 9.67 Å². The van der Waals surface area contributed by atoms with Crippen LogP contribution in [-0.4, -0.2) is 26.0 Å². The third-order valence-electron chi connectivity index (χ3n) is 3.12. The molecular weight excluding hydrogens is 190 g/mol. The summed E-state index contributed by atoms with van der Waals surface area (Å²) >= 11 is 0. The van der Waals surface area contributed by atoms with Gasteiger partial charge in [-0.15, -0.1) is 0 Å². The van der Waals surface area contributed by atoms with E-state index in [1.165, 1.54) is 0 Å². The number of aliphatic hydroxyl groups is 1. The molecule has 0 aliphatic heterocycles. The first-order chi connectivity index (χ1) is 7.16. The van der Waals surface area contributed by atoms with Crippen LogP contribution in [0.4, 0.5) is 0 Å². The van der Waals surface area contributed by atoms with Crippen LogP contribution in [0.25, 0.3) is 0 Å². The predicted octanol–water partition coefficient (Wildman–Crippen LogP) is 1.56. The van der Waals surface area contributed by atoms with Gasteiger partial charge in [0.05, 0.1) is 6.10 Å². The van der Waals surface area contributed by atoms with Crippen molar-refractivity contribution in [3.8, 4) is 0 Å². The van der Waals surface area contributed by atoms with Gasteiger partial charge >= 0.3 is 0 Å². The van der Waals surface area contributed by atoms with E-state index in [4.69, 9.17) is 0 Å². The average Bonchev–Trinajstić information content (AvgIpc) is 2.75. The molecule has 2 atom stereocenters. The van der Waals surface area contributed by atoms with Crippen molar-refractivity contribution in [2.75, 3.05) is 0 Å². The van der Waals surface area contributed by atoms with Gasteiger partial charge in [0, 0.05) is 12.5 Å². The summed E-state index contributed by atoms with van der Waals surface area (Å²) in [5.74, 6) is 1.64. The van der Waals surface area contributed by atoms with Crippen molar-refractivity contribution in [3.05, 3.63) is 12.2 Å². The second-order valence-electron chi connectivity index (χ2n) is 4.75. The first-order valence-corrected chi connectivity index (χ1v) is 5.73. The summed E-state index contributed by atoms with van der Waals surface area (Å²) in [6, 6.07) is 0.369. The van der Waals surface area contributed by atoms with Crippen LogP contribution in [0.15, 0.2) is 6.33 Å². The summed E-state index contributed by atoms with van der Waals surface area (Å²) in [4.78, 5) is 4.30.